The molecular weight excluding hydrogens is 322 g/mol. The van der Waals surface area contributed by atoms with E-state index in [9.17, 15) is 14.7 Å². The normalized spacial score (nSPS) is 10.6. The van der Waals surface area contributed by atoms with E-state index in [0.29, 0.717) is 5.92 Å². The van der Waals surface area contributed by atoms with Crippen molar-refractivity contribution in [3.63, 3.8) is 0 Å². The Bertz CT molecular complexity index is 753. The fourth-order valence-electron chi connectivity index (χ4n) is 2.20. The summed E-state index contributed by atoms with van der Waals surface area (Å²) in [6.45, 7) is 6.30. The number of hydrogen-bond acceptors (Lipinski definition) is 5. The van der Waals surface area contributed by atoms with Crippen molar-refractivity contribution in [1.29, 1.82) is 0 Å². The topological polar surface area (TPSA) is 85.7 Å². The lowest BCUT2D eigenvalue weighted by molar-refractivity contribution is 0.0523. The zero-order chi connectivity index (χ0) is 18.4. The summed E-state index contributed by atoms with van der Waals surface area (Å²) in [7, 11) is 0. The molecule has 1 heterocycles. The molecule has 0 bridgehead atoms. The lowest BCUT2D eigenvalue weighted by Crippen LogP contribution is -2.10. The Morgan fingerprint density at radius 2 is 1.88 bits per heavy atom. The van der Waals surface area contributed by atoms with Crippen LogP contribution in [0.2, 0.25) is 0 Å². The standard InChI is InChI=1S/C19H21NO5/c1-4-24-19(23)15-9-16(17(18(21)22)20-10-15)25-11-13-5-7-14(8-6-13)12(2)3/h5-10,12H,4,11H2,1-3H3,(H,21,22). The summed E-state index contributed by atoms with van der Waals surface area (Å²) in [5, 5.41) is 9.23. The first kappa shape index (κ1) is 18.4. The van der Waals surface area contributed by atoms with Crippen LogP contribution in [-0.2, 0) is 11.3 Å². The number of pyridine rings is 1. The third kappa shape index (κ3) is 4.79. The van der Waals surface area contributed by atoms with E-state index in [1.807, 2.05) is 24.3 Å². The quantitative estimate of drug-likeness (QED) is 0.772. The minimum atomic E-state index is -1.22. The van der Waals surface area contributed by atoms with Crippen LogP contribution in [-0.4, -0.2) is 28.6 Å². The molecule has 2 rings (SSSR count). The Morgan fingerprint density at radius 3 is 2.44 bits per heavy atom. The van der Waals surface area contributed by atoms with Crippen LogP contribution in [0.4, 0.5) is 0 Å². The summed E-state index contributed by atoms with van der Waals surface area (Å²) in [6, 6.07) is 9.22. The lowest BCUT2D eigenvalue weighted by atomic mass is 10.0. The predicted octanol–water partition coefficient (Wildman–Crippen LogP) is 3.66. The van der Waals surface area contributed by atoms with Crippen molar-refractivity contribution in [2.75, 3.05) is 6.61 Å². The summed E-state index contributed by atoms with van der Waals surface area (Å²) >= 11 is 0. The van der Waals surface area contributed by atoms with E-state index in [0.717, 1.165) is 5.56 Å². The van der Waals surface area contributed by atoms with Gasteiger partial charge in [-0.2, -0.15) is 0 Å². The van der Waals surface area contributed by atoms with E-state index in [-0.39, 0.29) is 30.2 Å². The maximum Gasteiger partial charge on any atom is 0.358 e. The van der Waals surface area contributed by atoms with Gasteiger partial charge >= 0.3 is 11.9 Å². The molecule has 0 radical (unpaired) electrons. The van der Waals surface area contributed by atoms with E-state index in [4.69, 9.17) is 9.47 Å². The van der Waals surface area contributed by atoms with Crippen LogP contribution in [0.5, 0.6) is 5.75 Å². The van der Waals surface area contributed by atoms with Gasteiger partial charge in [-0.15, -0.1) is 0 Å². The monoisotopic (exact) mass is 343 g/mol. The Hall–Kier alpha value is -2.89. The van der Waals surface area contributed by atoms with Crippen molar-refractivity contribution in [3.8, 4) is 5.75 Å². The van der Waals surface area contributed by atoms with Crippen LogP contribution in [0, 0.1) is 0 Å². The number of aromatic carboxylic acids is 1. The van der Waals surface area contributed by atoms with Gasteiger partial charge in [-0.3, -0.25) is 0 Å². The summed E-state index contributed by atoms with van der Waals surface area (Å²) < 4.78 is 10.5. The minimum absolute atomic E-state index is 0.0333. The molecule has 6 heteroatoms. The largest absolute Gasteiger partial charge is 0.486 e. The molecule has 0 spiro atoms. The Kier molecular flexibility index (Phi) is 6.11. The van der Waals surface area contributed by atoms with Crippen molar-refractivity contribution in [2.24, 2.45) is 0 Å². The molecule has 0 saturated carbocycles. The first-order valence-corrected chi connectivity index (χ1v) is 8.04. The molecule has 1 aromatic heterocycles. The third-order valence-electron chi connectivity index (χ3n) is 3.61. The molecule has 1 aromatic carbocycles. The van der Waals surface area contributed by atoms with Crippen LogP contribution >= 0.6 is 0 Å². The first-order chi connectivity index (χ1) is 11.9. The van der Waals surface area contributed by atoms with Crippen molar-refractivity contribution in [2.45, 2.75) is 33.3 Å². The molecule has 6 nitrogen and oxygen atoms in total. The molecule has 0 saturated heterocycles. The smallest absolute Gasteiger partial charge is 0.358 e. The summed E-state index contributed by atoms with van der Waals surface area (Å²) in [5.41, 5.74) is 2.01. The van der Waals surface area contributed by atoms with Crippen molar-refractivity contribution >= 4 is 11.9 Å². The molecular formula is C19H21NO5. The second kappa shape index (κ2) is 8.28. The van der Waals surface area contributed by atoms with Crippen molar-refractivity contribution in [1.82, 2.24) is 4.98 Å². The Balaban J connectivity index is 2.19. The summed E-state index contributed by atoms with van der Waals surface area (Å²) in [6.07, 6.45) is 1.17. The van der Waals surface area contributed by atoms with Crippen LogP contribution < -0.4 is 4.74 Å². The number of benzene rings is 1. The molecule has 0 amide bonds. The molecule has 0 aliphatic rings. The SMILES string of the molecule is CCOC(=O)c1cnc(C(=O)O)c(OCc2ccc(C(C)C)cc2)c1. The van der Waals surface area contributed by atoms with Gasteiger partial charge in [-0.25, -0.2) is 14.6 Å². The molecule has 0 fully saturated rings. The van der Waals surface area contributed by atoms with Gasteiger partial charge in [0, 0.05) is 6.20 Å². The van der Waals surface area contributed by atoms with Crippen LogP contribution in [0.1, 0.15) is 58.7 Å². The van der Waals surface area contributed by atoms with E-state index in [1.165, 1.54) is 17.8 Å². The second-order valence-electron chi connectivity index (χ2n) is 5.78. The molecule has 0 aliphatic carbocycles. The summed E-state index contributed by atoms with van der Waals surface area (Å²) in [4.78, 5) is 26.9. The highest BCUT2D eigenvalue weighted by Crippen LogP contribution is 2.21. The predicted molar refractivity (Wildman–Crippen MR) is 92.0 cm³/mol. The van der Waals surface area contributed by atoms with Gasteiger partial charge in [-0.05, 0) is 30.0 Å². The zero-order valence-electron chi connectivity index (χ0n) is 14.5. The van der Waals surface area contributed by atoms with E-state index in [1.54, 1.807) is 6.92 Å². The number of carbonyl (C=O) groups is 2. The highest BCUT2D eigenvalue weighted by Gasteiger charge is 2.17. The van der Waals surface area contributed by atoms with Crippen molar-refractivity contribution in [3.05, 3.63) is 58.9 Å². The van der Waals surface area contributed by atoms with Crippen LogP contribution in [0.15, 0.2) is 36.5 Å². The maximum absolute atomic E-state index is 11.8. The zero-order valence-corrected chi connectivity index (χ0v) is 14.5. The van der Waals surface area contributed by atoms with Gasteiger partial charge in [-0.1, -0.05) is 38.1 Å². The molecule has 0 aliphatic heterocycles. The molecule has 0 atom stereocenters. The number of carboxylic acid groups (broad SMARTS) is 1. The number of carbonyl (C=O) groups excluding carboxylic acids is 1. The fraction of sp³-hybridized carbons (Fsp3) is 0.316. The van der Waals surface area contributed by atoms with E-state index >= 15 is 0 Å². The minimum Gasteiger partial charge on any atom is -0.486 e. The molecule has 2 aromatic rings. The average Bonchev–Trinajstić information content (AvgIpc) is 2.60. The van der Waals surface area contributed by atoms with Gasteiger partial charge < -0.3 is 14.6 Å². The van der Waals surface area contributed by atoms with Gasteiger partial charge in [0.25, 0.3) is 0 Å². The van der Waals surface area contributed by atoms with E-state index < -0.39 is 11.9 Å². The fourth-order valence-corrected chi connectivity index (χ4v) is 2.20. The van der Waals surface area contributed by atoms with Gasteiger partial charge in [0.15, 0.2) is 11.4 Å². The summed E-state index contributed by atoms with van der Waals surface area (Å²) in [5.74, 6) is -1.33. The number of carboxylic acids is 1. The Morgan fingerprint density at radius 1 is 1.20 bits per heavy atom. The van der Waals surface area contributed by atoms with E-state index in [2.05, 4.69) is 18.8 Å². The van der Waals surface area contributed by atoms with Gasteiger partial charge in [0.1, 0.15) is 6.61 Å². The highest BCUT2D eigenvalue weighted by molar-refractivity contribution is 5.93. The first-order valence-electron chi connectivity index (χ1n) is 8.04. The molecule has 25 heavy (non-hydrogen) atoms. The molecule has 0 unspecified atom stereocenters. The number of ether oxygens (including phenoxy) is 2. The number of nitrogens with zero attached hydrogens (tertiary/aromatic N) is 1. The number of hydrogen-bond donors (Lipinski definition) is 1. The van der Waals surface area contributed by atoms with Crippen LogP contribution in [0.3, 0.4) is 0 Å². The second-order valence-corrected chi connectivity index (χ2v) is 5.78. The molecule has 1 N–H and O–H groups in total. The van der Waals surface area contributed by atoms with Gasteiger partial charge in [0.05, 0.1) is 12.2 Å². The number of esters is 1. The molecule has 132 valence electrons. The number of aromatic nitrogens is 1. The highest BCUT2D eigenvalue weighted by atomic mass is 16.5. The third-order valence-corrected chi connectivity index (χ3v) is 3.61. The lowest BCUT2D eigenvalue weighted by Gasteiger charge is -2.11. The van der Waals surface area contributed by atoms with Gasteiger partial charge in [0.2, 0.25) is 0 Å². The Labute approximate surface area is 146 Å². The van der Waals surface area contributed by atoms with Crippen LogP contribution in [0.25, 0.3) is 0 Å². The maximum atomic E-state index is 11.8. The van der Waals surface area contributed by atoms with Crippen molar-refractivity contribution < 1.29 is 24.2 Å². The number of rotatable bonds is 7. The average molecular weight is 343 g/mol.